The van der Waals surface area contributed by atoms with Crippen LogP contribution in [0.3, 0.4) is 0 Å². The van der Waals surface area contributed by atoms with E-state index in [2.05, 4.69) is 17.2 Å². The first-order valence-electron chi connectivity index (χ1n) is 5.85. The Bertz CT molecular complexity index is 405. The predicted octanol–water partition coefficient (Wildman–Crippen LogP) is 3.63. The van der Waals surface area contributed by atoms with Crippen LogP contribution in [0, 0.1) is 0 Å². The fourth-order valence-electron chi connectivity index (χ4n) is 1.28. The molecule has 0 unspecified atom stereocenters. The van der Waals surface area contributed by atoms with Crippen molar-refractivity contribution in [2.45, 2.75) is 26.4 Å². The summed E-state index contributed by atoms with van der Waals surface area (Å²) in [5, 5.41) is 5.82. The molecule has 1 aromatic carbocycles. The van der Waals surface area contributed by atoms with Gasteiger partial charge in [-0.05, 0) is 45.0 Å². The first-order chi connectivity index (χ1) is 8.40. The van der Waals surface area contributed by atoms with Gasteiger partial charge in [0.05, 0.1) is 0 Å². The Morgan fingerprint density at radius 3 is 2.33 bits per heavy atom. The molecule has 0 saturated heterocycles. The molecule has 0 heterocycles. The summed E-state index contributed by atoms with van der Waals surface area (Å²) in [6.45, 7) is 9.82. The Kier molecular flexibility index (Phi) is 4.77. The molecule has 98 valence electrons. The normalized spacial score (nSPS) is 10.6. The Morgan fingerprint density at radius 1 is 1.28 bits per heavy atom. The molecule has 1 rings (SSSR count). The van der Waals surface area contributed by atoms with Gasteiger partial charge in [-0.25, -0.2) is 4.79 Å². The second kappa shape index (κ2) is 6.10. The molecule has 0 aromatic heterocycles. The lowest BCUT2D eigenvalue weighted by atomic mass is 10.2. The lowest BCUT2D eigenvalue weighted by Gasteiger charge is -2.19. The summed E-state index contributed by atoms with van der Waals surface area (Å²) in [5.41, 5.74) is 1.19. The molecule has 0 aliphatic carbocycles. The van der Waals surface area contributed by atoms with Crippen molar-refractivity contribution >= 4 is 17.5 Å². The minimum atomic E-state index is -0.491. The van der Waals surface area contributed by atoms with E-state index in [4.69, 9.17) is 4.74 Å². The highest BCUT2D eigenvalue weighted by Gasteiger charge is 2.15. The number of hydrogen-bond acceptors (Lipinski definition) is 3. The number of carbonyl (C=O) groups is 1. The van der Waals surface area contributed by atoms with Crippen molar-refractivity contribution in [1.82, 2.24) is 0 Å². The molecule has 0 saturated carbocycles. The van der Waals surface area contributed by atoms with Crippen LogP contribution < -0.4 is 10.6 Å². The first-order valence-corrected chi connectivity index (χ1v) is 5.85. The van der Waals surface area contributed by atoms with E-state index in [1.165, 1.54) is 0 Å². The van der Waals surface area contributed by atoms with E-state index < -0.39 is 11.7 Å². The predicted molar refractivity (Wildman–Crippen MR) is 75.0 cm³/mol. The number of anilines is 2. The maximum atomic E-state index is 11.5. The van der Waals surface area contributed by atoms with E-state index in [0.717, 1.165) is 5.69 Å². The summed E-state index contributed by atoms with van der Waals surface area (Å²) in [6, 6.07) is 7.40. The average Bonchev–Trinajstić information content (AvgIpc) is 2.25. The largest absolute Gasteiger partial charge is 0.444 e. The molecule has 1 aromatic rings. The third-order valence-corrected chi connectivity index (χ3v) is 1.98. The second-order valence-electron chi connectivity index (χ2n) is 4.87. The van der Waals surface area contributed by atoms with Gasteiger partial charge in [-0.1, -0.05) is 6.08 Å². The molecule has 4 heteroatoms. The molecule has 0 fully saturated rings. The Labute approximate surface area is 108 Å². The van der Waals surface area contributed by atoms with Crippen LogP contribution in [0.5, 0.6) is 0 Å². The zero-order valence-electron chi connectivity index (χ0n) is 11.1. The molecule has 0 spiro atoms. The molecule has 1 amide bonds. The summed E-state index contributed by atoms with van der Waals surface area (Å²) in [6.07, 6.45) is 1.33. The maximum Gasteiger partial charge on any atom is 0.412 e. The van der Waals surface area contributed by atoms with Crippen molar-refractivity contribution in [2.24, 2.45) is 0 Å². The van der Waals surface area contributed by atoms with Crippen LogP contribution in [0.1, 0.15) is 20.8 Å². The fourth-order valence-corrected chi connectivity index (χ4v) is 1.28. The molecule has 0 atom stereocenters. The summed E-state index contributed by atoms with van der Waals surface area (Å²) < 4.78 is 5.16. The highest BCUT2D eigenvalue weighted by molar-refractivity contribution is 5.85. The van der Waals surface area contributed by atoms with Crippen molar-refractivity contribution in [2.75, 3.05) is 17.2 Å². The summed E-state index contributed by atoms with van der Waals surface area (Å²) >= 11 is 0. The molecule has 2 N–H and O–H groups in total. The number of carbonyl (C=O) groups excluding carboxylic acids is 1. The SMILES string of the molecule is C=CCNc1ccc(NC(=O)OC(C)(C)C)cc1. The highest BCUT2D eigenvalue weighted by atomic mass is 16.6. The molecule has 0 radical (unpaired) electrons. The van der Waals surface area contributed by atoms with E-state index in [1.807, 2.05) is 45.0 Å². The van der Waals surface area contributed by atoms with Crippen molar-refractivity contribution in [3.63, 3.8) is 0 Å². The van der Waals surface area contributed by atoms with Gasteiger partial charge in [0.1, 0.15) is 5.60 Å². The zero-order chi connectivity index (χ0) is 13.6. The first kappa shape index (κ1) is 14.1. The molecule has 0 aliphatic rings. The monoisotopic (exact) mass is 248 g/mol. The standard InChI is InChI=1S/C14H20N2O2/c1-5-10-15-11-6-8-12(9-7-11)16-13(17)18-14(2,3)4/h5-9,15H,1,10H2,2-4H3,(H,16,17). The summed E-state index contributed by atoms with van der Waals surface area (Å²) in [4.78, 5) is 11.5. The van der Waals surface area contributed by atoms with Gasteiger partial charge < -0.3 is 10.1 Å². The third kappa shape index (κ3) is 5.39. The quantitative estimate of drug-likeness (QED) is 0.800. The molecule has 0 aliphatic heterocycles. The Balaban J connectivity index is 2.53. The van der Waals surface area contributed by atoms with Crippen molar-refractivity contribution in [3.8, 4) is 0 Å². The van der Waals surface area contributed by atoms with Crippen molar-refractivity contribution < 1.29 is 9.53 Å². The molecular formula is C14H20N2O2. The summed E-state index contributed by atoms with van der Waals surface area (Å²) in [7, 11) is 0. The van der Waals surface area contributed by atoms with E-state index in [9.17, 15) is 4.79 Å². The van der Waals surface area contributed by atoms with Gasteiger partial charge in [0.15, 0.2) is 0 Å². The molecule has 4 nitrogen and oxygen atoms in total. The van der Waals surface area contributed by atoms with Crippen LogP contribution in [-0.4, -0.2) is 18.2 Å². The smallest absolute Gasteiger partial charge is 0.412 e. The van der Waals surface area contributed by atoms with E-state index in [0.29, 0.717) is 12.2 Å². The Hall–Kier alpha value is -1.97. The zero-order valence-corrected chi connectivity index (χ0v) is 11.1. The van der Waals surface area contributed by atoms with Gasteiger partial charge in [0.2, 0.25) is 0 Å². The summed E-state index contributed by atoms with van der Waals surface area (Å²) in [5.74, 6) is 0. The third-order valence-electron chi connectivity index (χ3n) is 1.98. The number of ether oxygens (including phenoxy) is 1. The molecular weight excluding hydrogens is 228 g/mol. The molecule has 18 heavy (non-hydrogen) atoms. The maximum absolute atomic E-state index is 11.5. The number of hydrogen-bond donors (Lipinski definition) is 2. The Morgan fingerprint density at radius 2 is 1.83 bits per heavy atom. The lowest BCUT2D eigenvalue weighted by Crippen LogP contribution is -2.27. The van der Waals surface area contributed by atoms with E-state index >= 15 is 0 Å². The second-order valence-corrected chi connectivity index (χ2v) is 4.87. The van der Waals surface area contributed by atoms with E-state index in [-0.39, 0.29) is 0 Å². The van der Waals surface area contributed by atoms with Crippen LogP contribution in [0.25, 0.3) is 0 Å². The number of nitrogens with one attached hydrogen (secondary N) is 2. The highest BCUT2D eigenvalue weighted by Crippen LogP contribution is 2.15. The number of benzene rings is 1. The van der Waals surface area contributed by atoms with Crippen LogP contribution in [0.2, 0.25) is 0 Å². The minimum absolute atomic E-state index is 0.450. The van der Waals surface area contributed by atoms with Crippen molar-refractivity contribution in [3.05, 3.63) is 36.9 Å². The number of amides is 1. The lowest BCUT2D eigenvalue weighted by molar-refractivity contribution is 0.0636. The van der Waals surface area contributed by atoms with Crippen LogP contribution >= 0.6 is 0 Å². The minimum Gasteiger partial charge on any atom is -0.444 e. The van der Waals surface area contributed by atoms with E-state index in [1.54, 1.807) is 6.08 Å². The topological polar surface area (TPSA) is 50.4 Å². The van der Waals surface area contributed by atoms with Crippen LogP contribution in [-0.2, 0) is 4.74 Å². The molecule has 0 bridgehead atoms. The van der Waals surface area contributed by atoms with Crippen LogP contribution in [0.4, 0.5) is 16.2 Å². The average molecular weight is 248 g/mol. The number of rotatable bonds is 4. The van der Waals surface area contributed by atoms with Gasteiger partial charge in [0.25, 0.3) is 0 Å². The van der Waals surface area contributed by atoms with Gasteiger partial charge in [-0.3, -0.25) is 5.32 Å². The van der Waals surface area contributed by atoms with Gasteiger partial charge in [-0.2, -0.15) is 0 Å². The van der Waals surface area contributed by atoms with Crippen molar-refractivity contribution in [1.29, 1.82) is 0 Å². The van der Waals surface area contributed by atoms with Gasteiger partial charge in [0, 0.05) is 17.9 Å². The van der Waals surface area contributed by atoms with Crippen LogP contribution in [0.15, 0.2) is 36.9 Å². The fraction of sp³-hybridized carbons (Fsp3) is 0.357. The van der Waals surface area contributed by atoms with Gasteiger partial charge in [-0.15, -0.1) is 6.58 Å². The van der Waals surface area contributed by atoms with Gasteiger partial charge >= 0.3 is 6.09 Å².